The fourth-order valence-corrected chi connectivity index (χ4v) is 2.85. The summed E-state index contributed by atoms with van der Waals surface area (Å²) in [6.45, 7) is -0.810. The van der Waals surface area contributed by atoms with E-state index in [0.29, 0.717) is 15.7 Å². The number of nitrogens with zero attached hydrogens (tertiary/aromatic N) is 2. The molecule has 0 aliphatic carbocycles. The van der Waals surface area contributed by atoms with Crippen LogP contribution in [0.25, 0.3) is 10.8 Å². The molecule has 0 saturated carbocycles. The Morgan fingerprint density at radius 3 is 2.20 bits per heavy atom. The first kappa shape index (κ1) is 16.4. The van der Waals surface area contributed by atoms with Crippen molar-refractivity contribution in [1.82, 2.24) is 4.90 Å². The predicted octanol–water partition coefficient (Wildman–Crippen LogP) is 1.19. The van der Waals surface area contributed by atoms with Gasteiger partial charge in [-0.05, 0) is 17.5 Å². The van der Waals surface area contributed by atoms with Gasteiger partial charge in [-0.2, -0.15) is 0 Å². The molecule has 9 nitrogen and oxygen atoms in total. The second-order valence-electron chi connectivity index (χ2n) is 5.25. The number of carbonyl (C=O) groups is 3. The summed E-state index contributed by atoms with van der Waals surface area (Å²) in [6, 6.07) is 8.28. The zero-order valence-electron chi connectivity index (χ0n) is 13.0. The largest absolute Gasteiger partial charge is 0.467 e. The molecule has 0 saturated heterocycles. The number of ether oxygens (including phenoxy) is 1. The van der Waals surface area contributed by atoms with E-state index in [4.69, 9.17) is 0 Å². The molecule has 25 heavy (non-hydrogen) atoms. The summed E-state index contributed by atoms with van der Waals surface area (Å²) < 4.78 is 4.57. The Labute approximate surface area is 140 Å². The number of hydrogen-bond acceptors (Lipinski definition) is 7. The maximum Gasteiger partial charge on any atom is 0.331 e. The van der Waals surface area contributed by atoms with Crippen molar-refractivity contribution in [1.29, 1.82) is 0 Å². The fourth-order valence-electron chi connectivity index (χ4n) is 2.85. The normalized spacial score (nSPS) is 14.4. The minimum Gasteiger partial charge on any atom is -0.467 e. The summed E-state index contributed by atoms with van der Waals surface area (Å²) in [6.07, 6.45) is 0. The van der Waals surface area contributed by atoms with Crippen LogP contribution in [0.1, 0.15) is 20.7 Å². The third-order valence-electron chi connectivity index (χ3n) is 3.93. The van der Waals surface area contributed by atoms with E-state index in [1.54, 1.807) is 24.3 Å². The lowest BCUT2D eigenvalue weighted by Gasteiger charge is -2.31. The van der Waals surface area contributed by atoms with Crippen molar-refractivity contribution < 1.29 is 29.0 Å². The van der Waals surface area contributed by atoms with E-state index in [0.717, 1.165) is 7.11 Å². The number of amides is 2. The quantitative estimate of drug-likeness (QED) is 0.346. The van der Waals surface area contributed by atoms with Crippen LogP contribution < -0.4 is 0 Å². The zero-order valence-corrected chi connectivity index (χ0v) is 13.0. The van der Waals surface area contributed by atoms with E-state index in [1.807, 2.05) is 0 Å². The minimum absolute atomic E-state index is 0.225. The standard InChI is InChI=1S/C16H12N2O7/c1-24-16(21)12(8-25-18(22)23)17-14(19)10-6-2-4-9-5-3-7-11(13(9)10)15(17)20/h2-7,12H,8H2,1H3/t12-/m0/s1. The van der Waals surface area contributed by atoms with Gasteiger partial charge in [0.15, 0.2) is 6.04 Å². The summed E-state index contributed by atoms with van der Waals surface area (Å²) in [7, 11) is 1.05. The molecule has 0 radical (unpaired) electrons. The average molecular weight is 344 g/mol. The number of benzene rings is 2. The molecular formula is C16H12N2O7. The summed E-state index contributed by atoms with van der Waals surface area (Å²) in [5, 5.41) is 10.5. The smallest absolute Gasteiger partial charge is 0.331 e. The van der Waals surface area contributed by atoms with Crippen molar-refractivity contribution in [2.24, 2.45) is 0 Å². The summed E-state index contributed by atoms with van der Waals surface area (Å²) in [5.41, 5.74) is 0.449. The second-order valence-corrected chi connectivity index (χ2v) is 5.25. The molecule has 1 aliphatic rings. The van der Waals surface area contributed by atoms with Gasteiger partial charge in [-0.1, -0.05) is 24.3 Å². The van der Waals surface area contributed by atoms with Gasteiger partial charge in [0.1, 0.15) is 6.61 Å². The summed E-state index contributed by atoms with van der Waals surface area (Å²) in [4.78, 5) is 52.9. The van der Waals surface area contributed by atoms with Crippen LogP contribution in [0.4, 0.5) is 0 Å². The number of imide groups is 1. The first-order valence-electron chi connectivity index (χ1n) is 7.20. The van der Waals surface area contributed by atoms with E-state index >= 15 is 0 Å². The topological polar surface area (TPSA) is 116 Å². The SMILES string of the molecule is COC(=O)[C@H](CO[N+](=O)[O-])N1C(=O)c2cccc3cccc(c23)C1=O. The number of carbonyl (C=O) groups excluding carboxylic acids is 3. The third-order valence-corrected chi connectivity index (χ3v) is 3.93. The molecule has 1 aliphatic heterocycles. The van der Waals surface area contributed by atoms with Gasteiger partial charge in [0.25, 0.3) is 16.9 Å². The van der Waals surface area contributed by atoms with Gasteiger partial charge in [0.05, 0.1) is 7.11 Å². The maximum absolute atomic E-state index is 12.8. The van der Waals surface area contributed by atoms with E-state index in [9.17, 15) is 24.5 Å². The molecule has 0 bridgehead atoms. The molecular weight excluding hydrogens is 332 g/mol. The van der Waals surface area contributed by atoms with Gasteiger partial charge < -0.3 is 9.57 Å². The van der Waals surface area contributed by atoms with Gasteiger partial charge >= 0.3 is 5.97 Å². The fraction of sp³-hybridized carbons (Fsp3) is 0.188. The third kappa shape index (κ3) is 2.65. The van der Waals surface area contributed by atoms with Gasteiger partial charge in [-0.3, -0.25) is 14.5 Å². The van der Waals surface area contributed by atoms with Crippen molar-refractivity contribution in [3.63, 3.8) is 0 Å². The van der Waals surface area contributed by atoms with Crippen LogP contribution in [0.15, 0.2) is 36.4 Å². The molecule has 0 N–H and O–H groups in total. The number of esters is 1. The molecule has 9 heteroatoms. The van der Waals surface area contributed by atoms with E-state index in [-0.39, 0.29) is 11.1 Å². The van der Waals surface area contributed by atoms with Crippen LogP contribution in [-0.4, -0.2) is 47.5 Å². The Morgan fingerprint density at radius 2 is 1.72 bits per heavy atom. The summed E-state index contributed by atoms with van der Waals surface area (Å²) in [5.74, 6) is -2.47. The maximum atomic E-state index is 12.8. The Bertz CT molecular complexity index is 858. The van der Waals surface area contributed by atoms with Crippen molar-refractivity contribution in [2.75, 3.05) is 13.7 Å². The highest BCUT2D eigenvalue weighted by Gasteiger charge is 2.41. The monoisotopic (exact) mass is 344 g/mol. The van der Waals surface area contributed by atoms with Crippen LogP contribution >= 0.6 is 0 Å². The molecule has 0 unspecified atom stereocenters. The molecule has 128 valence electrons. The summed E-state index contributed by atoms with van der Waals surface area (Å²) >= 11 is 0. The number of rotatable bonds is 5. The molecule has 2 aromatic rings. The Balaban J connectivity index is 2.11. The first-order valence-corrected chi connectivity index (χ1v) is 7.20. The number of hydrogen-bond donors (Lipinski definition) is 0. The van der Waals surface area contributed by atoms with Crippen LogP contribution in [0, 0.1) is 10.1 Å². The zero-order chi connectivity index (χ0) is 18.1. The van der Waals surface area contributed by atoms with Gasteiger partial charge in [0.2, 0.25) is 0 Å². The van der Waals surface area contributed by atoms with Crippen LogP contribution in [0.2, 0.25) is 0 Å². The Hall–Kier alpha value is -3.49. The lowest BCUT2D eigenvalue weighted by Crippen LogP contribution is -2.53. The van der Waals surface area contributed by atoms with E-state index < -0.39 is 35.5 Å². The lowest BCUT2D eigenvalue weighted by atomic mass is 9.93. The van der Waals surface area contributed by atoms with E-state index in [1.165, 1.54) is 12.1 Å². The van der Waals surface area contributed by atoms with Gasteiger partial charge in [-0.15, -0.1) is 10.1 Å². The molecule has 0 spiro atoms. The van der Waals surface area contributed by atoms with Crippen molar-refractivity contribution in [2.45, 2.75) is 6.04 Å². The molecule has 2 aromatic carbocycles. The molecule has 2 amide bonds. The van der Waals surface area contributed by atoms with Crippen molar-refractivity contribution >= 4 is 28.6 Å². The Kier molecular flexibility index (Phi) is 4.05. The molecule has 1 atom stereocenters. The minimum atomic E-state index is -1.57. The predicted molar refractivity (Wildman–Crippen MR) is 83.2 cm³/mol. The molecule has 3 rings (SSSR count). The number of methoxy groups -OCH3 is 1. The van der Waals surface area contributed by atoms with Gasteiger partial charge in [-0.25, -0.2) is 4.79 Å². The molecule has 0 aromatic heterocycles. The van der Waals surface area contributed by atoms with Crippen molar-refractivity contribution in [3.05, 3.63) is 57.6 Å². The van der Waals surface area contributed by atoms with Crippen molar-refractivity contribution in [3.8, 4) is 0 Å². The highest BCUT2D eigenvalue weighted by Crippen LogP contribution is 2.31. The van der Waals surface area contributed by atoms with Gasteiger partial charge in [0, 0.05) is 16.5 Å². The molecule has 1 heterocycles. The van der Waals surface area contributed by atoms with Crippen LogP contribution in [0.3, 0.4) is 0 Å². The second kappa shape index (κ2) is 6.19. The average Bonchev–Trinajstić information content (AvgIpc) is 2.61. The Morgan fingerprint density at radius 1 is 1.16 bits per heavy atom. The lowest BCUT2D eigenvalue weighted by molar-refractivity contribution is -0.758. The highest BCUT2D eigenvalue weighted by atomic mass is 16.9. The van der Waals surface area contributed by atoms with Crippen LogP contribution in [-0.2, 0) is 14.4 Å². The first-order chi connectivity index (χ1) is 12.0. The van der Waals surface area contributed by atoms with Crippen LogP contribution in [0.5, 0.6) is 0 Å². The highest BCUT2D eigenvalue weighted by molar-refractivity contribution is 6.26. The molecule has 0 fully saturated rings. The van der Waals surface area contributed by atoms with E-state index in [2.05, 4.69) is 9.57 Å².